The van der Waals surface area contributed by atoms with Crippen molar-refractivity contribution >= 4 is 21.7 Å². The first kappa shape index (κ1) is 15.5. The summed E-state index contributed by atoms with van der Waals surface area (Å²) in [6.07, 6.45) is 2.80. The maximum absolute atomic E-state index is 12.5. The number of nitrogens with zero attached hydrogens (tertiary/aromatic N) is 3. The molecular weight excluding hydrogens is 298 g/mol. The molecule has 21 heavy (non-hydrogen) atoms. The second-order valence-corrected chi connectivity index (χ2v) is 7.29. The van der Waals surface area contributed by atoms with E-state index in [2.05, 4.69) is 5.10 Å². The topological polar surface area (TPSA) is 110 Å². The molecule has 2 heterocycles. The molecule has 1 fully saturated rings. The first-order chi connectivity index (χ1) is 9.80. The van der Waals surface area contributed by atoms with Gasteiger partial charge in [-0.25, -0.2) is 8.42 Å². The molecule has 2 atom stereocenters. The van der Waals surface area contributed by atoms with Crippen molar-refractivity contribution in [1.82, 2.24) is 14.7 Å². The number of carbonyl (C=O) groups excluding carboxylic acids is 1. The number of hydrogen-bond donors (Lipinski definition) is 1. The summed E-state index contributed by atoms with van der Waals surface area (Å²) in [6, 6.07) is 0.253. The SMILES string of the molecule is CC(C(=O)N1CCS(=O)(=O)CC1CC(=O)O)n1cccn1. The summed E-state index contributed by atoms with van der Waals surface area (Å²) in [7, 11) is -3.30. The smallest absolute Gasteiger partial charge is 0.305 e. The largest absolute Gasteiger partial charge is 0.481 e. The molecule has 116 valence electrons. The Morgan fingerprint density at radius 2 is 2.19 bits per heavy atom. The highest BCUT2D eigenvalue weighted by Crippen LogP contribution is 2.19. The van der Waals surface area contributed by atoms with E-state index in [0.717, 1.165) is 0 Å². The molecule has 0 spiro atoms. The second-order valence-electron chi connectivity index (χ2n) is 5.06. The van der Waals surface area contributed by atoms with Crippen molar-refractivity contribution in [2.24, 2.45) is 0 Å². The molecule has 0 saturated carbocycles. The van der Waals surface area contributed by atoms with E-state index in [4.69, 9.17) is 5.11 Å². The molecule has 1 N–H and O–H groups in total. The Hall–Kier alpha value is -1.90. The molecule has 0 aliphatic carbocycles. The molecule has 1 aromatic heterocycles. The molecule has 1 amide bonds. The second kappa shape index (κ2) is 5.84. The number of carboxylic acid groups (broad SMARTS) is 1. The third-order valence-electron chi connectivity index (χ3n) is 3.50. The Bertz CT molecular complexity index is 625. The summed E-state index contributed by atoms with van der Waals surface area (Å²) < 4.78 is 24.8. The van der Waals surface area contributed by atoms with Crippen LogP contribution in [0, 0.1) is 0 Å². The third-order valence-corrected chi connectivity index (χ3v) is 5.20. The average Bonchev–Trinajstić information content (AvgIpc) is 2.89. The quantitative estimate of drug-likeness (QED) is 0.805. The highest BCUT2D eigenvalue weighted by Gasteiger charge is 2.37. The van der Waals surface area contributed by atoms with Gasteiger partial charge in [-0.2, -0.15) is 5.10 Å². The molecule has 2 unspecified atom stereocenters. The minimum Gasteiger partial charge on any atom is -0.481 e. The first-order valence-electron chi connectivity index (χ1n) is 6.52. The van der Waals surface area contributed by atoms with Crippen LogP contribution in [0.25, 0.3) is 0 Å². The Labute approximate surface area is 122 Å². The van der Waals surface area contributed by atoms with Crippen molar-refractivity contribution < 1.29 is 23.1 Å². The van der Waals surface area contributed by atoms with Crippen LogP contribution in [0.5, 0.6) is 0 Å². The van der Waals surface area contributed by atoms with Crippen molar-refractivity contribution in [3.63, 3.8) is 0 Å². The van der Waals surface area contributed by atoms with Gasteiger partial charge >= 0.3 is 5.97 Å². The monoisotopic (exact) mass is 315 g/mol. The van der Waals surface area contributed by atoms with Crippen molar-refractivity contribution in [2.75, 3.05) is 18.1 Å². The normalized spacial score (nSPS) is 22.7. The van der Waals surface area contributed by atoms with E-state index in [1.54, 1.807) is 25.4 Å². The van der Waals surface area contributed by atoms with Gasteiger partial charge in [0.15, 0.2) is 9.84 Å². The van der Waals surface area contributed by atoms with Gasteiger partial charge in [0.2, 0.25) is 5.91 Å². The highest BCUT2D eigenvalue weighted by atomic mass is 32.2. The van der Waals surface area contributed by atoms with E-state index < -0.39 is 27.9 Å². The molecular formula is C12H17N3O5S. The lowest BCUT2D eigenvalue weighted by molar-refractivity contribution is -0.141. The predicted octanol–water partition coefficient (Wildman–Crippen LogP) is -0.456. The minimum absolute atomic E-state index is 0.0186. The number of aliphatic carboxylic acids is 1. The van der Waals surface area contributed by atoms with E-state index in [0.29, 0.717) is 0 Å². The number of aromatic nitrogens is 2. The molecule has 0 aromatic carbocycles. The predicted molar refractivity (Wildman–Crippen MR) is 73.3 cm³/mol. The van der Waals surface area contributed by atoms with Crippen LogP contribution < -0.4 is 0 Å². The number of rotatable bonds is 4. The van der Waals surface area contributed by atoms with Crippen LogP contribution in [0.3, 0.4) is 0 Å². The summed E-state index contributed by atoms with van der Waals surface area (Å²) in [4.78, 5) is 24.7. The van der Waals surface area contributed by atoms with Crippen molar-refractivity contribution in [2.45, 2.75) is 25.4 Å². The Morgan fingerprint density at radius 1 is 1.48 bits per heavy atom. The van der Waals surface area contributed by atoms with Gasteiger partial charge in [-0.05, 0) is 13.0 Å². The van der Waals surface area contributed by atoms with Gasteiger partial charge in [0, 0.05) is 18.9 Å². The fraction of sp³-hybridized carbons (Fsp3) is 0.583. The molecule has 1 saturated heterocycles. The fourth-order valence-corrected chi connectivity index (χ4v) is 3.94. The zero-order valence-corrected chi connectivity index (χ0v) is 12.4. The maximum Gasteiger partial charge on any atom is 0.305 e. The maximum atomic E-state index is 12.5. The van der Waals surface area contributed by atoms with Crippen molar-refractivity contribution in [3.05, 3.63) is 18.5 Å². The van der Waals surface area contributed by atoms with Crippen LogP contribution in [0.15, 0.2) is 18.5 Å². The van der Waals surface area contributed by atoms with Gasteiger partial charge in [-0.15, -0.1) is 0 Å². The van der Waals surface area contributed by atoms with Crippen LogP contribution in [-0.4, -0.2) is 64.2 Å². The zero-order chi connectivity index (χ0) is 15.6. The average molecular weight is 315 g/mol. The highest BCUT2D eigenvalue weighted by molar-refractivity contribution is 7.91. The standard InChI is InChI=1S/C12H17N3O5S/c1-9(15-4-2-3-13-15)12(18)14-5-6-21(19,20)8-10(14)7-11(16)17/h2-4,9-10H,5-8H2,1H3,(H,16,17). The third kappa shape index (κ3) is 3.60. The first-order valence-corrected chi connectivity index (χ1v) is 8.34. The van der Waals surface area contributed by atoms with Crippen LogP contribution in [0.1, 0.15) is 19.4 Å². The fourth-order valence-electron chi connectivity index (χ4n) is 2.41. The number of carboxylic acids is 1. The summed E-state index contributed by atoms with van der Waals surface area (Å²) >= 11 is 0. The molecule has 1 aliphatic rings. The zero-order valence-electron chi connectivity index (χ0n) is 11.5. The van der Waals surface area contributed by atoms with Gasteiger partial charge in [-0.3, -0.25) is 14.3 Å². The van der Waals surface area contributed by atoms with E-state index in [1.807, 2.05) is 0 Å². The van der Waals surface area contributed by atoms with Crippen LogP contribution in [-0.2, 0) is 19.4 Å². The number of carbonyl (C=O) groups is 2. The summed E-state index contributed by atoms with van der Waals surface area (Å²) in [6.45, 7) is 1.67. The molecule has 0 bridgehead atoms. The minimum atomic E-state index is -3.30. The summed E-state index contributed by atoms with van der Waals surface area (Å²) in [5, 5.41) is 12.9. The van der Waals surface area contributed by atoms with E-state index in [1.165, 1.54) is 9.58 Å². The van der Waals surface area contributed by atoms with E-state index >= 15 is 0 Å². The van der Waals surface area contributed by atoms with Gasteiger partial charge < -0.3 is 10.0 Å². The van der Waals surface area contributed by atoms with Gasteiger partial charge in [0.25, 0.3) is 0 Å². The van der Waals surface area contributed by atoms with E-state index in [-0.39, 0.29) is 30.4 Å². The van der Waals surface area contributed by atoms with Crippen LogP contribution in [0.2, 0.25) is 0 Å². The molecule has 9 heteroatoms. The summed E-state index contributed by atoms with van der Waals surface area (Å²) in [5.41, 5.74) is 0. The lowest BCUT2D eigenvalue weighted by atomic mass is 10.1. The molecule has 1 aliphatic heterocycles. The van der Waals surface area contributed by atoms with Gasteiger partial charge in [0.1, 0.15) is 6.04 Å². The van der Waals surface area contributed by atoms with Gasteiger partial charge in [0.05, 0.1) is 24.0 Å². The molecule has 2 rings (SSSR count). The number of sulfone groups is 1. The van der Waals surface area contributed by atoms with Gasteiger partial charge in [-0.1, -0.05) is 0 Å². The van der Waals surface area contributed by atoms with Crippen LogP contribution >= 0.6 is 0 Å². The Kier molecular flexibility index (Phi) is 4.31. The van der Waals surface area contributed by atoms with E-state index in [9.17, 15) is 18.0 Å². The lowest BCUT2D eigenvalue weighted by Gasteiger charge is -2.36. The van der Waals surface area contributed by atoms with Crippen molar-refractivity contribution in [1.29, 1.82) is 0 Å². The molecule has 8 nitrogen and oxygen atoms in total. The summed E-state index contributed by atoms with van der Waals surface area (Å²) in [5.74, 6) is -1.89. The molecule has 1 aromatic rings. The van der Waals surface area contributed by atoms with Crippen molar-refractivity contribution in [3.8, 4) is 0 Å². The number of amides is 1. The van der Waals surface area contributed by atoms with Crippen LogP contribution in [0.4, 0.5) is 0 Å². The Balaban J connectivity index is 2.19. The molecule has 0 radical (unpaired) electrons. The number of hydrogen-bond acceptors (Lipinski definition) is 5. The Morgan fingerprint density at radius 3 is 2.76 bits per heavy atom. The lowest BCUT2D eigenvalue weighted by Crippen LogP contribution is -2.53.